The lowest BCUT2D eigenvalue weighted by Gasteiger charge is -2.11. The summed E-state index contributed by atoms with van der Waals surface area (Å²) >= 11 is 8.51. The number of anilines is 1. The third kappa shape index (κ3) is 3.57. The Morgan fingerprint density at radius 1 is 1.33 bits per heavy atom. The summed E-state index contributed by atoms with van der Waals surface area (Å²) in [5, 5.41) is 2.90. The van der Waals surface area contributed by atoms with Crippen LogP contribution in [0.15, 0.2) is 22.7 Å². The molecule has 0 aliphatic heterocycles. The molecule has 0 atom stereocenters. The molecule has 0 fully saturated rings. The van der Waals surface area contributed by atoms with Gasteiger partial charge in [0.15, 0.2) is 0 Å². The maximum atomic E-state index is 12.3. The van der Waals surface area contributed by atoms with Gasteiger partial charge in [0.2, 0.25) is 0 Å². The monoisotopic (exact) mass is 301 g/mol. The number of hydrogen-bond donors (Lipinski definition) is 1. The summed E-state index contributed by atoms with van der Waals surface area (Å²) in [6, 6.07) is 3.44. The fourth-order valence-electron chi connectivity index (χ4n) is 1.02. The summed E-state index contributed by atoms with van der Waals surface area (Å²) in [6.07, 6.45) is -4.31. The van der Waals surface area contributed by atoms with Gasteiger partial charge >= 0.3 is 6.18 Å². The van der Waals surface area contributed by atoms with E-state index in [1.807, 2.05) is 0 Å². The Balaban J connectivity index is 2.88. The first-order valence-corrected chi connectivity index (χ1v) is 5.44. The van der Waals surface area contributed by atoms with Crippen molar-refractivity contribution in [2.75, 3.05) is 17.7 Å². The van der Waals surface area contributed by atoms with Gasteiger partial charge in [-0.05, 0) is 34.1 Å². The molecule has 0 spiro atoms. The molecule has 0 unspecified atom stereocenters. The van der Waals surface area contributed by atoms with E-state index in [9.17, 15) is 13.2 Å². The van der Waals surface area contributed by atoms with E-state index in [2.05, 4.69) is 21.2 Å². The van der Waals surface area contributed by atoms with Crippen molar-refractivity contribution in [3.8, 4) is 0 Å². The van der Waals surface area contributed by atoms with Crippen LogP contribution in [-0.4, -0.2) is 12.4 Å². The molecule has 1 N–H and O–H groups in total. The zero-order valence-corrected chi connectivity index (χ0v) is 9.88. The van der Waals surface area contributed by atoms with E-state index in [4.69, 9.17) is 11.6 Å². The summed E-state index contributed by atoms with van der Waals surface area (Å²) in [4.78, 5) is 0. The standard InChI is InChI=1S/C9H8BrClF3N/c10-7-5-6(9(12,13)14)1-2-8(7)15-4-3-11/h1-2,5,15H,3-4H2. The van der Waals surface area contributed by atoms with Gasteiger partial charge in [0, 0.05) is 22.6 Å². The van der Waals surface area contributed by atoms with Crippen LogP contribution in [0.25, 0.3) is 0 Å². The smallest absolute Gasteiger partial charge is 0.383 e. The number of benzene rings is 1. The Morgan fingerprint density at radius 3 is 2.47 bits per heavy atom. The highest BCUT2D eigenvalue weighted by atomic mass is 79.9. The second kappa shape index (κ2) is 5.07. The molecule has 1 nitrogen and oxygen atoms in total. The molecule has 0 saturated heterocycles. The lowest BCUT2D eigenvalue weighted by atomic mass is 10.2. The molecule has 0 aromatic heterocycles. The van der Waals surface area contributed by atoms with Crippen molar-refractivity contribution in [2.24, 2.45) is 0 Å². The molecule has 84 valence electrons. The van der Waals surface area contributed by atoms with Crippen LogP contribution in [-0.2, 0) is 6.18 Å². The first kappa shape index (κ1) is 12.6. The van der Waals surface area contributed by atoms with Crippen LogP contribution in [0.1, 0.15) is 5.56 Å². The summed E-state index contributed by atoms with van der Waals surface area (Å²) in [5.74, 6) is 0.396. The maximum Gasteiger partial charge on any atom is 0.416 e. The van der Waals surface area contributed by atoms with Gasteiger partial charge in [-0.1, -0.05) is 0 Å². The van der Waals surface area contributed by atoms with Crippen LogP contribution in [0.3, 0.4) is 0 Å². The molecule has 0 heterocycles. The number of alkyl halides is 4. The van der Waals surface area contributed by atoms with Crippen LogP contribution in [0, 0.1) is 0 Å². The highest BCUT2D eigenvalue weighted by Crippen LogP contribution is 2.33. The highest BCUT2D eigenvalue weighted by Gasteiger charge is 2.30. The number of hydrogen-bond acceptors (Lipinski definition) is 1. The van der Waals surface area contributed by atoms with Crippen LogP contribution in [0.5, 0.6) is 0 Å². The molecule has 0 saturated carbocycles. The zero-order chi connectivity index (χ0) is 11.5. The van der Waals surface area contributed by atoms with E-state index >= 15 is 0 Å². The molecule has 0 aliphatic carbocycles. The van der Waals surface area contributed by atoms with Crippen molar-refractivity contribution in [2.45, 2.75) is 6.18 Å². The van der Waals surface area contributed by atoms with Crippen molar-refractivity contribution in [1.82, 2.24) is 0 Å². The van der Waals surface area contributed by atoms with Crippen LogP contribution < -0.4 is 5.32 Å². The lowest BCUT2D eigenvalue weighted by Crippen LogP contribution is -2.07. The molecule has 0 radical (unpaired) electrons. The van der Waals surface area contributed by atoms with Crippen molar-refractivity contribution in [1.29, 1.82) is 0 Å². The highest BCUT2D eigenvalue weighted by molar-refractivity contribution is 9.10. The molecule has 0 aliphatic rings. The van der Waals surface area contributed by atoms with Crippen molar-refractivity contribution in [3.05, 3.63) is 28.2 Å². The fraction of sp³-hybridized carbons (Fsp3) is 0.333. The van der Waals surface area contributed by atoms with Crippen LogP contribution >= 0.6 is 27.5 Å². The van der Waals surface area contributed by atoms with E-state index in [1.54, 1.807) is 0 Å². The van der Waals surface area contributed by atoms with Crippen molar-refractivity contribution < 1.29 is 13.2 Å². The zero-order valence-electron chi connectivity index (χ0n) is 7.54. The minimum atomic E-state index is -4.31. The van der Waals surface area contributed by atoms with Crippen molar-refractivity contribution in [3.63, 3.8) is 0 Å². The minimum absolute atomic E-state index is 0.377. The van der Waals surface area contributed by atoms with Crippen molar-refractivity contribution >= 4 is 33.2 Å². The molecule has 1 aromatic carbocycles. The van der Waals surface area contributed by atoms with E-state index in [-0.39, 0.29) is 0 Å². The van der Waals surface area contributed by atoms with Gasteiger partial charge in [-0.3, -0.25) is 0 Å². The van der Waals surface area contributed by atoms with Gasteiger partial charge in [-0.25, -0.2) is 0 Å². The minimum Gasteiger partial charge on any atom is -0.383 e. The van der Waals surface area contributed by atoms with Gasteiger partial charge in [0.25, 0.3) is 0 Å². The van der Waals surface area contributed by atoms with E-state index in [0.717, 1.165) is 12.1 Å². The Morgan fingerprint density at radius 2 is 2.00 bits per heavy atom. The number of halogens is 5. The molecular formula is C9H8BrClF3N. The molecule has 0 bridgehead atoms. The first-order valence-electron chi connectivity index (χ1n) is 4.11. The maximum absolute atomic E-state index is 12.3. The molecule has 1 rings (SSSR count). The lowest BCUT2D eigenvalue weighted by molar-refractivity contribution is -0.137. The molecular weight excluding hydrogens is 294 g/mol. The average Bonchev–Trinajstić information content (AvgIpc) is 2.14. The SMILES string of the molecule is FC(F)(F)c1ccc(NCCCl)c(Br)c1. The Labute approximate surface area is 98.7 Å². The number of nitrogens with one attached hydrogen (secondary N) is 1. The van der Waals surface area contributed by atoms with Crippen LogP contribution in [0.2, 0.25) is 0 Å². The van der Waals surface area contributed by atoms with Gasteiger partial charge in [0.05, 0.1) is 5.56 Å². The average molecular weight is 303 g/mol. The normalized spacial score (nSPS) is 11.5. The quantitative estimate of drug-likeness (QED) is 0.828. The van der Waals surface area contributed by atoms with Gasteiger partial charge in [0.1, 0.15) is 0 Å². The van der Waals surface area contributed by atoms with Crippen LogP contribution in [0.4, 0.5) is 18.9 Å². The topological polar surface area (TPSA) is 12.0 Å². The largest absolute Gasteiger partial charge is 0.416 e. The Hall–Kier alpha value is -0.420. The van der Waals surface area contributed by atoms with Gasteiger partial charge < -0.3 is 5.32 Å². The van der Waals surface area contributed by atoms with E-state index in [0.29, 0.717) is 22.6 Å². The molecule has 15 heavy (non-hydrogen) atoms. The second-order valence-electron chi connectivity index (χ2n) is 2.81. The molecule has 6 heteroatoms. The summed E-state index contributed by atoms with van der Waals surface area (Å²) in [7, 11) is 0. The number of rotatable bonds is 3. The third-order valence-corrected chi connectivity index (χ3v) is 2.55. The molecule has 0 amide bonds. The van der Waals surface area contributed by atoms with Gasteiger partial charge in [-0.2, -0.15) is 13.2 Å². The summed E-state index contributed by atoms with van der Waals surface area (Å²) in [5.41, 5.74) is -0.0746. The fourth-order valence-corrected chi connectivity index (χ4v) is 1.63. The predicted molar refractivity (Wildman–Crippen MR) is 58.4 cm³/mol. The van der Waals surface area contributed by atoms with E-state index in [1.165, 1.54) is 6.07 Å². The van der Waals surface area contributed by atoms with Gasteiger partial charge in [-0.15, -0.1) is 11.6 Å². The second-order valence-corrected chi connectivity index (χ2v) is 4.04. The molecule has 1 aromatic rings. The summed E-state index contributed by atoms with van der Waals surface area (Å²) < 4.78 is 37.2. The predicted octanol–water partition coefficient (Wildman–Crippen LogP) is 4.12. The third-order valence-electron chi connectivity index (χ3n) is 1.71. The van der Waals surface area contributed by atoms with E-state index < -0.39 is 11.7 Å². The Bertz CT molecular complexity index is 341. The summed E-state index contributed by atoms with van der Waals surface area (Å²) in [6.45, 7) is 0.505. The Kier molecular flexibility index (Phi) is 4.28. The first-order chi connectivity index (χ1) is 6.95.